The number of alkyl halides is 3. The number of rotatable bonds is 0. The van der Waals surface area contributed by atoms with Crippen LogP contribution in [0.1, 0.15) is 18.4 Å². The monoisotopic (exact) mass is 297 g/mol. The number of cyclic esters (lactones) is 1. The number of anilines is 1. The number of fused-ring (bicyclic) bond motifs is 1. The quantitative estimate of drug-likeness (QED) is 0.571. The Bertz CT molecular complexity index is 670. The van der Waals surface area contributed by atoms with E-state index in [9.17, 15) is 23.1 Å². The summed E-state index contributed by atoms with van der Waals surface area (Å²) in [5.74, 6) is 4.12. The average molecular weight is 297 g/mol. The van der Waals surface area contributed by atoms with Crippen LogP contribution in [0.15, 0.2) is 18.2 Å². The Morgan fingerprint density at radius 2 is 2.10 bits per heavy atom. The molecule has 110 valence electrons. The highest BCUT2D eigenvalue weighted by atomic mass is 19.4. The molecule has 21 heavy (non-hydrogen) atoms. The molecule has 3 rings (SSSR count). The van der Waals surface area contributed by atoms with Gasteiger partial charge < -0.3 is 9.84 Å². The third-order valence-corrected chi connectivity index (χ3v) is 3.29. The highest BCUT2D eigenvalue weighted by Gasteiger charge is 2.62. The van der Waals surface area contributed by atoms with Gasteiger partial charge in [0.2, 0.25) is 0 Å². The fourth-order valence-corrected chi connectivity index (χ4v) is 2.07. The molecular formula is C14H10F3NO3. The Balaban J connectivity index is 2.22. The number of carbonyl (C=O) groups is 1. The molecule has 1 aliphatic heterocycles. The fourth-order valence-electron chi connectivity index (χ4n) is 2.07. The fraction of sp³-hybridized carbons (Fsp3) is 0.357. The number of amides is 1. The summed E-state index contributed by atoms with van der Waals surface area (Å²) in [5, 5.41) is 11.6. The molecule has 4 nitrogen and oxygen atoms in total. The van der Waals surface area contributed by atoms with Gasteiger partial charge in [0.05, 0.1) is 5.69 Å². The van der Waals surface area contributed by atoms with Crippen molar-refractivity contribution in [3.63, 3.8) is 0 Å². The van der Waals surface area contributed by atoms with Crippen LogP contribution in [0.25, 0.3) is 0 Å². The molecule has 0 spiro atoms. The smallest absolute Gasteiger partial charge is 0.445 e. The van der Waals surface area contributed by atoms with Crippen molar-refractivity contribution in [3.05, 3.63) is 23.8 Å². The van der Waals surface area contributed by atoms with Crippen LogP contribution in [-0.4, -0.2) is 17.4 Å². The normalized spacial score (nSPS) is 24.2. The maximum Gasteiger partial charge on any atom is 0.445 e. The first-order valence-corrected chi connectivity index (χ1v) is 6.25. The van der Waals surface area contributed by atoms with Crippen LogP contribution in [0.5, 0.6) is 5.75 Å². The van der Waals surface area contributed by atoms with Gasteiger partial charge in [-0.3, -0.25) is 5.32 Å². The first-order valence-electron chi connectivity index (χ1n) is 6.25. The van der Waals surface area contributed by atoms with Crippen molar-refractivity contribution >= 4 is 11.8 Å². The van der Waals surface area contributed by atoms with Gasteiger partial charge in [0.25, 0.3) is 5.60 Å². The number of carbonyl (C=O) groups excluding carboxylic acids is 1. The van der Waals surface area contributed by atoms with Gasteiger partial charge in [-0.2, -0.15) is 13.2 Å². The SMILES string of the molecule is O=C1Nc2ccc(O)cc2C(C#CC2CC2)(C(F)(F)F)O1. The van der Waals surface area contributed by atoms with Crippen molar-refractivity contribution in [2.75, 3.05) is 5.32 Å². The average Bonchev–Trinajstić information content (AvgIpc) is 3.19. The molecule has 7 heteroatoms. The van der Waals surface area contributed by atoms with Gasteiger partial charge in [0, 0.05) is 11.5 Å². The first-order chi connectivity index (χ1) is 9.82. The lowest BCUT2D eigenvalue weighted by Crippen LogP contribution is -2.49. The summed E-state index contributed by atoms with van der Waals surface area (Å²) in [4.78, 5) is 11.5. The first kappa shape index (κ1) is 13.6. The van der Waals surface area contributed by atoms with Crippen LogP contribution in [0.4, 0.5) is 23.7 Å². The number of halogens is 3. The molecule has 0 radical (unpaired) electrons. The Morgan fingerprint density at radius 3 is 2.71 bits per heavy atom. The van der Waals surface area contributed by atoms with Crippen LogP contribution >= 0.6 is 0 Å². The summed E-state index contributed by atoms with van der Waals surface area (Å²) in [5.41, 5.74) is -3.54. The van der Waals surface area contributed by atoms with Gasteiger partial charge in [-0.15, -0.1) is 0 Å². The van der Waals surface area contributed by atoms with Crippen LogP contribution in [0.2, 0.25) is 0 Å². The van der Waals surface area contributed by atoms with E-state index in [1.54, 1.807) is 0 Å². The van der Waals surface area contributed by atoms with E-state index in [1.165, 1.54) is 12.1 Å². The topological polar surface area (TPSA) is 58.6 Å². The summed E-state index contributed by atoms with van der Waals surface area (Å²) >= 11 is 0. The largest absolute Gasteiger partial charge is 0.508 e. The number of hydrogen-bond acceptors (Lipinski definition) is 3. The molecule has 1 atom stereocenters. The molecule has 1 aromatic carbocycles. The lowest BCUT2D eigenvalue weighted by molar-refractivity contribution is -0.239. The number of benzene rings is 1. The van der Waals surface area contributed by atoms with E-state index in [4.69, 9.17) is 0 Å². The zero-order chi connectivity index (χ0) is 15.3. The predicted octanol–water partition coefficient (Wildman–Crippen LogP) is 3.13. The molecular weight excluding hydrogens is 287 g/mol. The summed E-state index contributed by atoms with van der Waals surface area (Å²) in [6, 6.07) is 3.27. The second-order valence-corrected chi connectivity index (χ2v) is 4.97. The van der Waals surface area contributed by atoms with Crippen molar-refractivity contribution in [2.45, 2.75) is 24.6 Å². The van der Waals surface area contributed by atoms with Gasteiger partial charge in [-0.05, 0) is 37.0 Å². The molecule has 0 aromatic heterocycles. The third-order valence-electron chi connectivity index (χ3n) is 3.29. The van der Waals surface area contributed by atoms with Crippen LogP contribution in [-0.2, 0) is 10.3 Å². The minimum absolute atomic E-state index is 0.0773. The van der Waals surface area contributed by atoms with E-state index >= 15 is 0 Å². The lowest BCUT2D eigenvalue weighted by Gasteiger charge is -2.35. The standard InChI is InChI=1S/C14H10F3NO3/c15-14(16,17)13(6-5-8-1-2-8)10-7-9(19)3-4-11(10)18-12(20)21-13/h3-4,7-8,19H,1-2H2,(H,18,20). The summed E-state index contributed by atoms with van der Waals surface area (Å²) in [7, 11) is 0. The van der Waals surface area contributed by atoms with Gasteiger partial charge >= 0.3 is 12.3 Å². The van der Waals surface area contributed by atoms with Gasteiger partial charge in [0.15, 0.2) is 0 Å². The zero-order valence-corrected chi connectivity index (χ0v) is 10.6. The number of ether oxygens (including phenoxy) is 1. The number of phenolic OH excluding ortho intramolecular Hbond substituents is 1. The van der Waals surface area contributed by atoms with E-state index < -0.39 is 23.4 Å². The highest BCUT2D eigenvalue weighted by Crippen LogP contribution is 2.48. The Hall–Kier alpha value is -2.36. The number of hydrogen-bond donors (Lipinski definition) is 2. The molecule has 1 unspecified atom stereocenters. The Morgan fingerprint density at radius 1 is 1.38 bits per heavy atom. The van der Waals surface area contributed by atoms with Crippen LogP contribution in [0, 0.1) is 17.8 Å². The second-order valence-electron chi connectivity index (χ2n) is 4.97. The van der Waals surface area contributed by atoms with Crippen LogP contribution < -0.4 is 5.32 Å². The molecule has 2 N–H and O–H groups in total. The minimum atomic E-state index is -4.92. The molecule has 2 aliphatic rings. The third kappa shape index (κ3) is 2.27. The number of aromatic hydroxyl groups is 1. The van der Waals surface area contributed by atoms with Gasteiger partial charge in [-0.1, -0.05) is 5.92 Å². The molecule has 1 aliphatic carbocycles. The number of nitrogens with one attached hydrogen (secondary N) is 1. The molecule has 0 bridgehead atoms. The van der Waals surface area contributed by atoms with Crippen LogP contribution in [0.3, 0.4) is 0 Å². The predicted molar refractivity (Wildman–Crippen MR) is 66.4 cm³/mol. The second kappa shape index (κ2) is 4.32. The maximum absolute atomic E-state index is 13.6. The molecule has 1 saturated carbocycles. The maximum atomic E-state index is 13.6. The lowest BCUT2D eigenvalue weighted by atomic mass is 9.90. The van der Waals surface area contributed by atoms with Crippen molar-refractivity contribution in [2.24, 2.45) is 5.92 Å². The molecule has 1 heterocycles. The van der Waals surface area contributed by atoms with E-state index in [1.807, 2.05) is 0 Å². The molecule has 1 aromatic rings. The van der Waals surface area contributed by atoms with Gasteiger partial charge in [-0.25, -0.2) is 4.79 Å². The zero-order valence-electron chi connectivity index (χ0n) is 10.6. The van der Waals surface area contributed by atoms with E-state index in [2.05, 4.69) is 21.9 Å². The Labute approximate surface area is 117 Å². The van der Waals surface area contributed by atoms with E-state index in [-0.39, 0.29) is 17.4 Å². The van der Waals surface area contributed by atoms with Gasteiger partial charge in [0.1, 0.15) is 5.75 Å². The number of phenols is 1. The molecule has 0 saturated heterocycles. The van der Waals surface area contributed by atoms with Crippen molar-refractivity contribution in [1.82, 2.24) is 0 Å². The van der Waals surface area contributed by atoms with Crippen molar-refractivity contribution < 1.29 is 27.8 Å². The minimum Gasteiger partial charge on any atom is -0.508 e. The Kier molecular flexibility index (Phi) is 2.80. The van der Waals surface area contributed by atoms with E-state index in [0.29, 0.717) is 0 Å². The highest BCUT2D eigenvalue weighted by molar-refractivity contribution is 5.90. The van der Waals surface area contributed by atoms with Crippen molar-refractivity contribution in [3.8, 4) is 17.6 Å². The summed E-state index contributed by atoms with van der Waals surface area (Å²) < 4.78 is 45.2. The van der Waals surface area contributed by atoms with E-state index in [0.717, 1.165) is 18.9 Å². The van der Waals surface area contributed by atoms with Crippen molar-refractivity contribution in [1.29, 1.82) is 0 Å². The summed E-state index contributed by atoms with van der Waals surface area (Å²) in [6.45, 7) is 0. The molecule has 1 amide bonds. The molecule has 1 fully saturated rings. The summed E-state index contributed by atoms with van der Waals surface area (Å²) in [6.07, 6.45) is -4.68.